The van der Waals surface area contributed by atoms with E-state index >= 15 is 0 Å². The lowest BCUT2D eigenvalue weighted by molar-refractivity contribution is -0.386. The molecule has 4 rings (SSSR count). The van der Waals surface area contributed by atoms with Crippen LogP contribution in [0, 0.1) is 10.1 Å². The molecule has 1 heterocycles. The lowest BCUT2D eigenvalue weighted by atomic mass is 10.1. The number of phenolic OH excluding ortho intramolecular Hbond substituents is 1. The summed E-state index contributed by atoms with van der Waals surface area (Å²) in [6, 6.07) is 12.2. The van der Waals surface area contributed by atoms with Crippen molar-refractivity contribution >= 4 is 40.3 Å². The second kappa shape index (κ2) is 8.81. The maximum absolute atomic E-state index is 13.3. The summed E-state index contributed by atoms with van der Waals surface area (Å²) in [5, 5.41) is 21.9. The van der Waals surface area contributed by atoms with Crippen molar-refractivity contribution < 1.29 is 19.6 Å². The molecule has 0 bridgehead atoms. The van der Waals surface area contributed by atoms with Crippen molar-refractivity contribution in [3.05, 3.63) is 63.0 Å². The number of hydrogen-bond acceptors (Lipinski definition) is 7. The van der Waals surface area contributed by atoms with E-state index in [0.717, 1.165) is 31.4 Å². The van der Waals surface area contributed by atoms with Gasteiger partial charge in [0.25, 0.3) is 5.91 Å². The number of ether oxygens (including phenoxy) is 1. The molecule has 2 aromatic carbocycles. The number of hydrogen-bond donors (Lipinski definition) is 1. The molecule has 1 aliphatic heterocycles. The molecule has 160 valence electrons. The van der Waals surface area contributed by atoms with Gasteiger partial charge < -0.3 is 9.84 Å². The number of benzene rings is 2. The first-order valence-electron chi connectivity index (χ1n) is 9.90. The predicted octanol–water partition coefficient (Wildman–Crippen LogP) is 4.86. The average Bonchev–Trinajstić information content (AvgIpc) is 3.38. The molecule has 0 aromatic heterocycles. The number of amidine groups is 1. The first kappa shape index (κ1) is 20.9. The minimum atomic E-state index is -0.684. The van der Waals surface area contributed by atoms with Gasteiger partial charge >= 0.3 is 5.69 Å². The van der Waals surface area contributed by atoms with E-state index in [2.05, 4.69) is 0 Å². The zero-order valence-corrected chi connectivity index (χ0v) is 17.7. The number of amides is 1. The number of carbonyl (C=O) groups excluding carboxylic acids is 1. The molecule has 1 saturated carbocycles. The molecule has 2 aliphatic rings. The molecule has 31 heavy (non-hydrogen) atoms. The van der Waals surface area contributed by atoms with Crippen LogP contribution in [-0.2, 0) is 4.79 Å². The van der Waals surface area contributed by atoms with Gasteiger partial charge in [0.1, 0.15) is 0 Å². The van der Waals surface area contributed by atoms with Crippen molar-refractivity contribution in [1.82, 2.24) is 4.90 Å². The summed E-state index contributed by atoms with van der Waals surface area (Å²) >= 11 is 1.25. The Morgan fingerprint density at radius 1 is 1.26 bits per heavy atom. The second-order valence-electron chi connectivity index (χ2n) is 7.30. The van der Waals surface area contributed by atoms with Crippen molar-refractivity contribution in [1.29, 1.82) is 0 Å². The van der Waals surface area contributed by atoms with Crippen LogP contribution in [0.15, 0.2) is 52.4 Å². The largest absolute Gasteiger partial charge is 0.500 e. The summed E-state index contributed by atoms with van der Waals surface area (Å²) in [7, 11) is 1.32. The molecule has 0 atom stereocenters. The van der Waals surface area contributed by atoms with Gasteiger partial charge in [-0.1, -0.05) is 31.0 Å². The number of aromatic hydroxyl groups is 1. The zero-order chi connectivity index (χ0) is 22.0. The topological polar surface area (TPSA) is 105 Å². The number of thioether (sulfide) groups is 1. The molecule has 0 unspecified atom stereocenters. The number of methoxy groups -OCH3 is 1. The van der Waals surface area contributed by atoms with E-state index < -0.39 is 16.4 Å². The number of nitro benzene ring substituents is 1. The van der Waals surface area contributed by atoms with E-state index in [-0.39, 0.29) is 17.7 Å². The van der Waals surface area contributed by atoms with E-state index in [1.807, 2.05) is 30.3 Å². The van der Waals surface area contributed by atoms with E-state index in [9.17, 15) is 20.0 Å². The Morgan fingerprint density at radius 3 is 2.61 bits per heavy atom. The van der Waals surface area contributed by atoms with Crippen LogP contribution in [-0.4, -0.2) is 39.2 Å². The first-order chi connectivity index (χ1) is 15.0. The van der Waals surface area contributed by atoms with Gasteiger partial charge in [-0.2, -0.15) is 0 Å². The summed E-state index contributed by atoms with van der Waals surface area (Å²) in [4.78, 5) is 30.8. The van der Waals surface area contributed by atoms with Gasteiger partial charge in [0.2, 0.25) is 5.75 Å². The maximum atomic E-state index is 13.3. The summed E-state index contributed by atoms with van der Waals surface area (Å²) < 4.78 is 5.06. The van der Waals surface area contributed by atoms with Crippen molar-refractivity contribution in [2.75, 3.05) is 7.11 Å². The van der Waals surface area contributed by atoms with Gasteiger partial charge in [0.15, 0.2) is 10.9 Å². The Hall–Kier alpha value is -3.33. The van der Waals surface area contributed by atoms with Crippen LogP contribution in [0.1, 0.15) is 31.2 Å². The van der Waals surface area contributed by atoms with Crippen LogP contribution < -0.4 is 4.74 Å². The Labute approximate surface area is 183 Å². The predicted molar refractivity (Wildman–Crippen MR) is 120 cm³/mol. The zero-order valence-electron chi connectivity index (χ0n) is 16.9. The number of nitrogens with zero attached hydrogens (tertiary/aromatic N) is 3. The molecule has 2 aromatic rings. The molecule has 9 heteroatoms. The molecule has 0 radical (unpaired) electrons. The number of aliphatic imine (C=N–C) groups is 1. The maximum Gasteiger partial charge on any atom is 0.315 e. The fourth-order valence-electron chi connectivity index (χ4n) is 3.81. The first-order valence-corrected chi connectivity index (χ1v) is 10.7. The molecule has 1 amide bonds. The summed E-state index contributed by atoms with van der Waals surface area (Å²) in [5.74, 6) is -0.734. The quantitative estimate of drug-likeness (QED) is 0.405. The smallest absolute Gasteiger partial charge is 0.315 e. The standard InChI is InChI=1S/C22H21N3O5S/c1-30-18-12-14(11-17(20(18)26)25(28)29)13-19-21(27)24(16-9-5-6-10-16)22(31-19)23-15-7-3-2-4-8-15/h2-4,7-8,11-13,16,26H,5-6,9-10H2,1H3/b19-13+,23-22?. The van der Waals surface area contributed by atoms with Crippen LogP contribution in [0.4, 0.5) is 11.4 Å². The van der Waals surface area contributed by atoms with Gasteiger partial charge in [0.05, 0.1) is 22.6 Å². The highest BCUT2D eigenvalue weighted by molar-refractivity contribution is 8.18. The fraction of sp³-hybridized carbons (Fsp3) is 0.273. The minimum absolute atomic E-state index is 0.0256. The Morgan fingerprint density at radius 2 is 1.97 bits per heavy atom. The lowest BCUT2D eigenvalue weighted by Crippen LogP contribution is -2.37. The Bertz CT molecular complexity index is 1080. The van der Waals surface area contributed by atoms with Crippen LogP contribution in [0.3, 0.4) is 0 Å². The molecular weight excluding hydrogens is 418 g/mol. The fourth-order valence-corrected chi connectivity index (χ4v) is 4.86. The van der Waals surface area contributed by atoms with Crippen LogP contribution in [0.25, 0.3) is 6.08 Å². The number of phenols is 1. The van der Waals surface area contributed by atoms with Crippen molar-refractivity contribution in [3.8, 4) is 11.5 Å². The Balaban J connectivity index is 1.74. The monoisotopic (exact) mass is 439 g/mol. The highest BCUT2D eigenvalue weighted by Gasteiger charge is 2.39. The van der Waals surface area contributed by atoms with Crippen LogP contribution in [0.2, 0.25) is 0 Å². The average molecular weight is 439 g/mol. The molecule has 8 nitrogen and oxygen atoms in total. The van der Waals surface area contributed by atoms with Gasteiger partial charge in [0, 0.05) is 12.1 Å². The van der Waals surface area contributed by atoms with Gasteiger partial charge in [-0.25, -0.2) is 4.99 Å². The van der Waals surface area contributed by atoms with E-state index in [4.69, 9.17) is 9.73 Å². The van der Waals surface area contributed by atoms with Crippen LogP contribution >= 0.6 is 11.8 Å². The summed E-state index contributed by atoms with van der Waals surface area (Å²) in [6.07, 6.45) is 5.56. The van der Waals surface area contributed by atoms with E-state index in [0.29, 0.717) is 15.6 Å². The third-order valence-corrected chi connectivity index (χ3v) is 6.28. The van der Waals surface area contributed by atoms with Crippen LogP contribution in [0.5, 0.6) is 11.5 Å². The molecule has 1 aliphatic carbocycles. The van der Waals surface area contributed by atoms with Crippen molar-refractivity contribution in [2.24, 2.45) is 4.99 Å². The van der Waals surface area contributed by atoms with E-state index in [1.165, 1.54) is 31.0 Å². The molecule has 1 N–H and O–H groups in total. The highest BCUT2D eigenvalue weighted by Crippen LogP contribution is 2.41. The van der Waals surface area contributed by atoms with Crippen molar-refractivity contribution in [3.63, 3.8) is 0 Å². The second-order valence-corrected chi connectivity index (χ2v) is 8.31. The normalized spacial score (nSPS) is 19.5. The van der Waals surface area contributed by atoms with Gasteiger partial charge in [-0.05, 0) is 54.4 Å². The molecule has 2 fully saturated rings. The highest BCUT2D eigenvalue weighted by atomic mass is 32.2. The molecule has 0 spiro atoms. The lowest BCUT2D eigenvalue weighted by Gasteiger charge is -2.22. The SMILES string of the molecule is COc1cc(/C=C2/SC(=Nc3ccccc3)N(C3CCCC3)C2=O)cc([N+](=O)[O-])c1O. The van der Waals surface area contributed by atoms with Crippen molar-refractivity contribution in [2.45, 2.75) is 31.7 Å². The Kier molecular flexibility index (Phi) is 5.94. The molecular formula is C22H21N3O5S. The number of para-hydroxylation sites is 1. The summed E-state index contributed by atoms with van der Waals surface area (Å²) in [5.41, 5.74) is 0.668. The van der Waals surface area contributed by atoms with Gasteiger partial charge in [-0.3, -0.25) is 19.8 Å². The third-order valence-electron chi connectivity index (χ3n) is 5.30. The minimum Gasteiger partial charge on any atom is -0.500 e. The number of carbonyl (C=O) groups is 1. The molecule has 1 saturated heterocycles. The number of nitro groups is 1. The summed E-state index contributed by atoms with van der Waals surface area (Å²) in [6.45, 7) is 0. The van der Waals surface area contributed by atoms with Gasteiger partial charge in [-0.15, -0.1) is 0 Å². The number of rotatable bonds is 5. The third kappa shape index (κ3) is 4.27. The van der Waals surface area contributed by atoms with E-state index in [1.54, 1.807) is 11.0 Å².